The van der Waals surface area contributed by atoms with Gasteiger partial charge in [0.2, 0.25) is 0 Å². The molecule has 0 aromatic carbocycles. The number of carboxylic acids is 1. The van der Waals surface area contributed by atoms with Crippen molar-refractivity contribution >= 4 is 17.3 Å². The number of carbonyl (C=O) groups is 1. The molecule has 1 atom stereocenters. The van der Waals surface area contributed by atoms with Gasteiger partial charge in [0, 0.05) is 0 Å². The van der Waals surface area contributed by atoms with Crippen molar-refractivity contribution in [1.82, 2.24) is 0 Å². The molecule has 0 radical (unpaired) electrons. The Morgan fingerprint density at radius 2 is 2.20 bits per heavy atom. The lowest BCUT2D eigenvalue weighted by Gasteiger charge is -2.25. The van der Waals surface area contributed by atoms with Gasteiger partial charge in [0.25, 0.3) is 0 Å². The van der Waals surface area contributed by atoms with Crippen LogP contribution in [0.3, 0.4) is 0 Å². The highest BCUT2D eigenvalue weighted by atomic mass is 32.1. The Kier molecular flexibility index (Phi) is 3.88. The van der Waals surface area contributed by atoms with Crippen molar-refractivity contribution in [1.29, 1.82) is 0 Å². The molecule has 0 aliphatic rings. The summed E-state index contributed by atoms with van der Waals surface area (Å²) in [6, 6.07) is 1.55. The normalized spacial score (nSPS) is 14.9. The maximum Gasteiger partial charge on any atom is 0.336 e. The molecule has 84 valence electrons. The largest absolute Gasteiger partial charge is 0.478 e. The third-order valence-corrected chi connectivity index (χ3v) is 3.67. The van der Waals surface area contributed by atoms with Gasteiger partial charge in [0.15, 0.2) is 0 Å². The van der Waals surface area contributed by atoms with Gasteiger partial charge >= 0.3 is 5.97 Å². The topological polar surface area (TPSA) is 57.5 Å². The fourth-order valence-corrected chi connectivity index (χ4v) is 2.79. The zero-order valence-electron chi connectivity index (χ0n) is 8.99. The molecular weight excluding hydrogens is 212 g/mol. The first-order valence-corrected chi connectivity index (χ1v) is 5.96. The van der Waals surface area contributed by atoms with E-state index >= 15 is 0 Å². The van der Waals surface area contributed by atoms with Crippen LogP contribution in [0.1, 0.15) is 48.3 Å². The number of rotatable bonds is 5. The molecule has 15 heavy (non-hydrogen) atoms. The second-order valence-electron chi connectivity index (χ2n) is 3.60. The maximum atomic E-state index is 10.9. The first kappa shape index (κ1) is 12.2. The van der Waals surface area contributed by atoms with Crippen LogP contribution in [0.5, 0.6) is 0 Å². The average molecular weight is 228 g/mol. The van der Waals surface area contributed by atoms with Crippen LogP contribution >= 0.6 is 11.3 Å². The zero-order valence-corrected chi connectivity index (χ0v) is 9.80. The fourth-order valence-electron chi connectivity index (χ4n) is 1.70. The molecule has 1 rings (SSSR count). The third kappa shape index (κ3) is 2.38. The van der Waals surface area contributed by atoms with Crippen LogP contribution in [0.4, 0.5) is 0 Å². The highest BCUT2D eigenvalue weighted by Crippen LogP contribution is 2.36. The maximum absolute atomic E-state index is 10.9. The van der Waals surface area contributed by atoms with Gasteiger partial charge in [-0.15, -0.1) is 11.3 Å². The lowest BCUT2D eigenvalue weighted by molar-refractivity contribution is 0.0243. The van der Waals surface area contributed by atoms with Crippen molar-refractivity contribution in [3.8, 4) is 0 Å². The second kappa shape index (κ2) is 4.77. The van der Waals surface area contributed by atoms with Crippen LogP contribution in [0.2, 0.25) is 0 Å². The van der Waals surface area contributed by atoms with E-state index in [-0.39, 0.29) is 5.56 Å². The van der Waals surface area contributed by atoms with Crippen LogP contribution in [-0.4, -0.2) is 16.2 Å². The van der Waals surface area contributed by atoms with E-state index in [0.717, 1.165) is 6.42 Å². The molecule has 0 amide bonds. The van der Waals surface area contributed by atoms with Crippen molar-refractivity contribution in [2.75, 3.05) is 0 Å². The molecule has 0 fully saturated rings. The number of carboxylic acid groups (broad SMARTS) is 1. The summed E-state index contributed by atoms with van der Waals surface area (Å²) in [4.78, 5) is 11.5. The summed E-state index contributed by atoms with van der Waals surface area (Å²) in [5, 5.41) is 21.1. The second-order valence-corrected chi connectivity index (χ2v) is 4.52. The van der Waals surface area contributed by atoms with E-state index in [1.54, 1.807) is 11.4 Å². The van der Waals surface area contributed by atoms with Crippen molar-refractivity contribution < 1.29 is 15.0 Å². The van der Waals surface area contributed by atoms with E-state index in [1.165, 1.54) is 11.3 Å². The van der Waals surface area contributed by atoms with Crippen molar-refractivity contribution in [3.05, 3.63) is 21.9 Å². The molecule has 2 N–H and O–H groups in total. The van der Waals surface area contributed by atoms with E-state index in [4.69, 9.17) is 5.11 Å². The van der Waals surface area contributed by atoms with E-state index in [9.17, 15) is 9.90 Å². The molecular formula is C11H16O3S. The number of thiophene rings is 1. The molecule has 0 aliphatic carbocycles. The summed E-state index contributed by atoms with van der Waals surface area (Å²) in [6.45, 7) is 3.86. The van der Waals surface area contributed by atoms with Crippen LogP contribution in [-0.2, 0) is 5.60 Å². The molecule has 0 aliphatic heterocycles. The van der Waals surface area contributed by atoms with Gasteiger partial charge in [-0.3, -0.25) is 0 Å². The number of hydrogen-bond donors (Lipinski definition) is 2. The van der Waals surface area contributed by atoms with Crippen molar-refractivity contribution in [3.63, 3.8) is 0 Å². The van der Waals surface area contributed by atoms with Crippen molar-refractivity contribution in [2.24, 2.45) is 0 Å². The molecule has 0 saturated heterocycles. The summed E-state index contributed by atoms with van der Waals surface area (Å²) in [5.74, 6) is -0.964. The Balaban J connectivity index is 3.11. The van der Waals surface area contributed by atoms with E-state index in [1.807, 2.05) is 13.8 Å². The van der Waals surface area contributed by atoms with Crippen LogP contribution in [0.25, 0.3) is 0 Å². The SMILES string of the molecule is CCCC(O)(CC)c1sccc1C(=O)O. The summed E-state index contributed by atoms with van der Waals surface area (Å²) in [6.07, 6.45) is 1.98. The predicted molar refractivity (Wildman–Crippen MR) is 60.4 cm³/mol. The summed E-state index contributed by atoms with van der Waals surface area (Å²) >= 11 is 1.32. The van der Waals surface area contributed by atoms with E-state index < -0.39 is 11.6 Å². The Morgan fingerprint density at radius 3 is 2.67 bits per heavy atom. The van der Waals surface area contributed by atoms with Gasteiger partial charge in [0.05, 0.1) is 16.0 Å². The highest BCUT2D eigenvalue weighted by Gasteiger charge is 2.31. The number of aromatic carboxylic acids is 1. The van der Waals surface area contributed by atoms with E-state index in [2.05, 4.69) is 0 Å². The van der Waals surface area contributed by atoms with Gasteiger partial charge in [0.1, 0.15) is 0 Å². The van der Waals surface area contributed by atoms with Gasteiger partial charge in [-0.2, -0.15) is 0 Å². The minimum atomic E-state index is -0.976. The molecule has 3 nitrogen and oxygen atoms in total. The molecule has 0 bridgehead atoms. The monoisotopic (exact) mass is 228 g/mol. The first-order valence-electron chi connectivity index (χ1n) is 5.08. The van der Waals surface area contributed by atoms with Gasteiger partial charge in [-0.05, 0) is 24.3 Å². The third-order valence-electron chi connectivity index (χ3n) is 2.57. The molecule has 0 saturated carbocycles. The minimum Gasteiger partial charge on any atom is -0.478 e. The molecule has 1 unspecified atom stereocenters. The van der Waals surface area contributed by atoms with E-state index in [0.29, 0.717) is 17.7 Å². The van der Waals surface area contributed by atoms with Crippen LogP contribution < -0.4 is 0 Å². The number of hydrogen-bond acceptors (Lipinski definition) is 3. The standard InChI is InChI=1S/C11H16O3S/c1-3-6-11(14,4-2)9-8(10(12)13)5-7-15-9/h5,7,14H,3-4,6H2,1-2H3,(H,12,13). The minimum absolute atomic E-state index is 0.234. The van der Waals surface area contributed by atoms with Gasteiger partial charge < -0.3 is 10.2 Å². The smallest absolute Gasteiger partial charge is 0.336 e. The van der Waals surface area contributed by atoms with Gasteiger partial charge in [-0.1, -0.05) is 20.3 Å². The molecule has 1 heterocycles. The Labute approximate surface area is 93.4 Å². The summed E-state index contributed by atoms with van der Waals surface area (Å²) < 4.78 is 0. The van der Waals surface area contributed by atoms with Gasteiger partial charge in [-0.25, -0.2) is 4.79 Å². The predicted octanol–water partition coefficient (Wildman–Crippen LogP) is 2.84. The summed E-state index contributed by atoms with van der Waals surface area (Å²) in [7, 11) is 0. The molecule has 0 spiro atoms. The Hall–Kier alpha value is -0.870. The Morgan fingerprint density at radius 1 is 1.53 bits per heavy atom. The van der Waals surface area contributed by atoms with Crippen LogP contribution in [0.15, 0.2) is 11.4 Å². The summed E-state index contributed by atoms with van der Waals surface area (Å²) in [5.41, 5.74) is -0.741. The molecule has 1 aromatic rings. The lowest BCUT2D eigenvalue weighted by atomic mass is 9.91. The van der Waals surface area contributed by atoms with Crippen LogP contribution in [0, 0.1) is 0 Å². The number of aliphatic hydroxyl groups is 1. The Bertz CT molecular complexity index is 345. The zero-order chi connectivity index (χ0) is 11.5. The highest BCUT2D eigenvalue weighted by molar-refractivity contribution is 7.10. The molecule has 1 aromatic heterocycles. The lowest BCUT2D eigenvalue weighted by Crippen LogP contribution is -2.25. The molecule has 4 heteroatoms. The van der Waals surface area contributed by atoms with Crippen molar-refractivity contribution in [2.45, 2.75) is 38.7 Å². The first-order chi connectivity index (χ1) is 7.05. The fraction of sp³-hybridized carbons (Fsp3) is 0.545. The average Bonchev–Trinajstić information content (AvgIpc) is 2.67. The quantitative estimate of drug-likeness (QED) is 0.814.